The largest absolute Gasteiger partial charge is 0.372 e. The number of hydrogen-bond acceptors (Lipinski definition) is 4. The first-order valence-electron chi connectivity index (χ1n) is 4.77. The summed E-state index contributed by atoms with van der Waals surface area (Å²) in [4.78, 5) is 0. The van der Waals surface area contributed by atoms with Gasteiger partial charge in [-0.05, 0) is 32.9 Å². The molecule has 1 rings (SSSR count). The highest BCUT2D eigenvalue weighted by Crippen LogP contribution is 2.03. The van der Waals surface area contributed by atoms with Gasteiger partial charge >= 0.3 is 0 Å². The van der Waals surface area contributed by atoms with Crippen LogP contribution in [-0.4, -0.2) is 22.8 Å². The minimum absolute atomic E-state index is 0.114. The number of nitrogens with zero attached hydrogens (tertiary/aromatic N) is 2. The van der Waals surface area contributed by atoms with Crippen molar-refractivity contribution in [3.05, 3.63) is 17.8 Å². The number of hydrogen-bond donors (Lipinski definition) is 2. The summed E-state index contributed by atoms with van der Waals surface area (Å²) in [7, 11) is 1.83. The van der Waals surface area contributed by atoms with Gasteiger partial charge in [0.15, 0.2) is 0 Å². The van der Waals surface area contributed by atoms with E-state index in [1.807, 2.05) is 19.2 Å². The maximum Gasteiger partial charge on any atom is 0.148 e. The molecule has 0 aliphatic carbocycles. The molecule has 0 radical (unpaired) electrons. The van der Waals surface area contributed by atoms with E-state index in [1.165, 1.54) is 0 Å². The summed E-state index contributed by atoms with van der Waals surface area (Å²) in [6.07, 6.45) is 0. The highest BCUT2D eigenvalue weighted by Gasteiger charge is 2.08. The zero-order chi connectivity index (χ0) is 10.6. The summed E-state index contributed by atoms with van der Waals surface area (Å²) >= 11 is 0. The quantitative estimate of drug-likeness (QED) is 0.763. The van der Waals surface area contributed by atoms with Crippen molar-refractivity contribution >= 4 is 5.82 Å². The summed E-state index contributed by atoms with van der Waals surface area (Å²) < 4.78 is 0. The lowest BCUT2D eigenvalue weighted by molar-refractivity contribution is 0.420. The fraction of sp³-hybridized carbons (Fsp3) is 0.600. The number of anilines is 1. The predicted octanol–water partition coefficient (Wildman–Crippen LogP) is 1.41. The van der Waals surface area contributed by atoms with Crippen LogP contribution in [-0.2, 0) is 6.54 Å². The van der Waals surface area contributed by atoms with Crippen LogP contribution < -0.4 is 10.6 Å². The summed E-state index contributed by atoms with van der Waals surface area (Å²) in [5.74, 6) is 0.796. The van der Waals surface area contributed by atoms with Crippen molar-refractivity contribution < 1.29 is 0 Å². The fourth-order valence-corrected chi connectivity index (χ4v) is 0.943. The Morgan fingerprint density at radius 1 is 1.21 bits per heavy atom. The maximum absolute atomic E-state index is 4.08. The van der Waals surface area contributed by atoms with Gasteiger partial charge in [0.1, 0.15) is 5.82 Å². The minimum Gasteiger partial charge on any atom is -0.372 e. The molecule has 0 aliphatic heterocycles. The van der Waals surface area contributed by atoms with Crippen molar-refractivity contribution in [2.24, 2.45) is 0 Å². The minimum atomic E-state index is 0.114. The molecule has 0 spiro atoms. The third-order valence-corrected chi connectivity index (χ3v) is 1.78. The van der Waals surface area contributed by atoms with Crippen LogP contribution in [0.5, 0.6) is 0 Å². The SMILES string of the molecule is CNc1ccc(CNC(C)(C)C)nn1. The topological polar surface area (TPSA) is 49.8 Å². The molecule has 4 heteroatoms. The molecular formula is C10H18N4. The van der Waals surface area contributed by atoms with E-state index < -0.39 is 0 Å². The number of rotatable bonds is 3. The predicted molar refractivity (Wildman–Crippen MR) is 58.2 cm³/mol. The van der Waals surface area contributed by atoms with Gasteiger partial charge in [0.2, 0.25) is 0 Å². The monoisotopic (exact) mass is 194 g/mol. The van der Waals surface area contributed by atoms with Gasteiger partial charge in [0.05, 0.1) is 5.69 Å². The second-order valence-corrected chi connectivity index (χ2v) is 4.26. The van der Waals surface area contributed by atoms with Crippen LogP contribution in [0.1, 0.15) is 26.5 Å². The van der Waals surface area contributed by atoms with E-state index in [9.17, 15) is 0 Å². The van der Waals surface area contributed by atoms with Crippen molar-refractivity contribution in [2.75, 3.05) is 12.4 Å². The van der Waals surface area contributed by atoms with Gasteiger partial charge in [-0.2, -0.15) is 5.10 Å². The molecule has 0 saturated carbocycles. The van der Waals surface area contributed by atoms with Crippen LogP contribution >= 0.6 is 0 Å². The molecule has 0 aliphatic rings. The Morgan fingerprint density at radius 3 is 2.36 bits per heavy atom. The Labute approximate surface area is 85.1 Å². The third kappa shape index (κ3) is 3.70. The maximum atomic E-state index is 4.08. The average molecular weight is 194 g/mol. The van der Waals surface area contributed by atoms with Gasteiger partial charge in [-0.25, -0.2) is 0 Å². The molecule has 0 unspecified atom stereocenters. The van der Waals surface area contributed by atoms with E-state index in [0.717, 1.165) is 18.1 Å². The van der Waals surface area contributed by atoms with Crippen LogP contribution in [0.2, 0.25) is 0 Å². The van der Waals surface area contributed by atoms with E-state index in [1.54, 1.807) is 0 Å². The molecule has 0 aromatic carbocycles. The van der Waals surface area contributed by atoms with Crippen molar-refractivity contribution in [1.29, 1.82) is 0 Å². The standard InChI is InChI=1S/C10H18N4/c1-10(2,3)12-7-8-5-6-9(11-4)14-13-8/h5-6,12H,7H2,1-4H3,(H,11,14). The molecule has 14 heavy (non-hydrogen) atoms. The van der Waals surface area contributed by atoms with Crippen molar-refractivity contribution in [3.63, 3.8) is 0 Å². The van der Waals surface area contributed by atoms with E-state index in [-0.39, 0.29) is 5.54 Å². The summed E-state index contributed by atoms with van der Waals surface area (Å²) in [6.45, 7) is 7.13. The van der Waals surface area contributed by atoms with Gasteiger partial charge in [-0.1, -0.05) is 0 Å². The highest BCUT2D eigenvalue weighted by molar-refractivity contribution is 5.31. The lowest BCUT2D eigenvalue weighted by Gasteiger charge is -2.19. The zero-order valence-electron chi connectivity index (χ0n) is 9.26. The molecule has 1 heterocycles. The third-order valence-electron chi connectivity index (χ3n) is 1.78. The first-order valence-corrected chi connectivity index (χ1v) is 4.77. The first-order chi connectivity index (χ1) is 6.51. The number of nitrogens with one attached hydrogen (secondary N) is 2. The Hall–Kier alpha value is -1.16. The van der Waals surface area contributed by atoms with Crippen molar-refractivity contribution in [3.8, 4) is 0 Å². The molecule has 2 N–H and O–H groups in total. The Morgan fingerprint density at radius 2 is 1.93 bits per heavy atom. The Kier molecular flexibility index (Phi) is 3.41. The molecule has 0 saturated heterocycles. The first kappa shape index (κ1) is 10.9. The lowest BCUT2D eigenvalue weighted by Crippen LogP contribution is -2.35. The summed E-state index contributed by atoms with van der Waals surface area (Å²) in [5, 5.41) is 14.4. The van der Waals surface area contributed by atoms with Gasteiger partial charge in [0.25, 0.3) is 0 Å². The normalized spacial score (nSPS) is 11.4. The smallest absolute Gasteiger partial charge is 0.148 e. The van der Waals surface area contributed by atoms with Gasteiger partial charge in [-0.15, -0.1) is 5.10 Å². The van der Waals surface area contributed by atoms with E-state index in [2.05, 4.69) is 41.6 Å². The molecule has 0 fully saturated rings. The zero-order valence-corrected chi connectivity index (χ0v) is 9.26. The number of aromatic nitrogens is 2. The second-order valence-electron chi connectivity index (χ2n) is 4.26. The average Bonchev–Trinajstić information content (AvgIpc) is 2.14. The summed E-state index contributed by atoms with van der Waals surface area (Å²) in [6, 6.07) is 3.89. The van der Waals surface area contributed by atoms with Gasteiger partial charge in [0, 0.05) is 19.1 Å². The highest BCUT2D eigenvalue weighted by atomic mass is 15.2. The van der Waals surface area contributed by atoms with Crippen molar-refractivity contribution in [1.82, 2.24) is 15.5 Å². The van der Waals surface area contributed by atoms with E-state index in [4.69, 9.17) is 0 Å². The van der Waals surface area contributed by atoms with Gasteiger partial charge in [-0.3, -0.25) is 0 Å². The molecule has 0 atom stereocenters. The molecule has 0 amide bonds. The molecule has 78 valence electrons. The van der Waals surface area contributed by atoms with Crippen LogP contribution in [0.3, 0.4) is 0 Å². The van der Waals surface area contributed by atoms with E-state index >= 15 is 0 Å². The molecule has 0 bridgehead atoms. The van der Waals surface area contributed by atoms with Crippen molar-refractivity contribution in [2.45, 2.75) is 32.9 Å². The van der Waals surface area contributed by atoms with Crippen LogP contribution in [0, 0.1) is 0 Å². The Balaban J connectivity index is 2.52. The van der Waals surface area contributed by atoms with Gasteiger partial charge < -0.3 is 10.6 Å². The van der Waals surface area contributed by atoms with Crippen LogP contribution in [0.15, 0.2) is 12.1 Å². The van der Waals surface area contributed by atoms with Crippen LogP contribution in [0.4, 0.5) is 5.82 Å². The lowest BCUT2D eigenvalue weighted by atomic mass is 10.1. The molecular weight excluding hydrogens is 176 g/mol. The fourth-order valence-electron chi connectivity index (χ4n) is 0.943. The molecule has 1 aromatic heterocycles. The second kappa shape index (κ2) is 4.37. The summed E-state index contributed by atoms with van der Waals surface area (Å²) in [5.41, 5.74) is 1.07. The Bertz CT molecular complexity index is 273. The van der Waals surface area contributed by atoms with E-state index in [0.29, 0.717) is 0 Å². The molecule has 4 nitrogen and oxygen atoms in total. The molecule has 1 aromatic rings. The van der Waals surface area contributed by atoms with Crippen LogP contribution in [0.25, 0.3) is 0 Å².